The Kier molecular flexibility index (Phi) is 3.89. The number of anilines is 1. The zero-order valence-corrected chi connectivity index (χ0v) is 15.0. The molecule has 4 rings (SSSR count). The molecule has 130 valence electrons. The highest BCUT2D eigenvalue weighted by Gasteiger charge is 2.30. The Hall–Kier alpha value is -1.79. The molecule has 1 N–H and O–H groups in total. The van der Waals surface area contributed by atoms with Gasteiger partial charge in [-0.15, -0.1) is 0 Å². The van der Waals surface area contributed by atoms with E-state index in [0.717, 1.165) is 49.8 Å². The second-order valence-electron chi connectivity index (χ2n) is 7.67. The van der Waals surface area contributed by atoms with Crippen LogP contribution in [0.3, 0.4) is 0 Å². The van der Waals surface area contributed by atoms with Crippen molar-refractivity contribution in [2.45, 2.75) is 19.1 Å². The molecule has 6 nitrogen and oxygen atoms in total. The fraction of sp³-hybridized carbons (Fsp3) is 0.611. The lowest BCUT2D eigenvalue weighted by Gasteiger charge is -2.27. The SMILES string of the molecule is CN(C)CC1CNc2nc3ccc4c(c3n2C1)CC(CN(C)C)O4. The van der Waals surface area contributed by atoms with Crippen LogP contribution in [0.25, 0.3) is 11.0 Å². The number of rotatable bonds is 4. The van der Waals surface area contributed by atoms with Crippen LogP contribution in [-0.2, 0) is 13.0 Å². The zero-order chi connectivity index (χ0) is 16.8. The average molecular weight is 329 g/mol. The quantitative estimate of drug-likeness (QED) is 0.921. The monoisotopic (exact) mass is 329 g/mol. The van der Waals surface area contributed by atoms with Gasteiger partial charge in [0.25, 0.3) is 0 Å². The highest BCUT2D eigenvalue weighted by molar-refractivity contribution is 5.85. The summed E-state index contributed by atoms with van der Waals surface area (Å²) in [4.78, 5) is 9.25. The predicted molar refractivity (Wildman–Crippen MR) is 96.9 cm³/mol. The summed E-state index contributed by atoms with van der Waals surface area (Å²) in [6.45, 7) is 4.04. The molecule has 6 heteroatoms. The van der Waals surface area contributed by atoms with Crippen LogP contribution in [0.4, 0.5) is 5.95 Å². The number of fused-ring (bicyclic) bond motifs is 5. The molecule has 2 unspecified atom stereocenters. The molecule has 3 heterocycles. The third-order valence-electron chi connectivity index (χ3n) is 4.88. The maximum atomic E-state index is 6.17. The van der Waals surface area contributed by atoms with Crippen LogP contribution in [0, 0.1) is 5.92 Å². The van der Waals surface area contributed by atoms with E-state index < -0.39 is 0 Å². The molecule has 2 atom stereocenters. The second-order valence-corrected chi connectivity index (χ2v) is 7.67. The molecule has 24 heavy (non-hydrogen) atoms. The molecule has 0 saturated carbocycles. The fourth-order valence-corrected chi connectivity index (χ4v) is 4.05. The van der Waals surface area contributed by atoms with Gasteiger partial charge in [-0.1, -0.05) is 0 Å². The van der Waals surface area contributed by atoms with Gasteiger partial charge in [-0.05, 0) is 40.3 Å². The van der Waals surface area contributed by atoms with Crippen molar-refractivity contribution in [1.29, 1.82) is 0 Å². The van der Waals surface area contributed by atoms with Crippen LogP contribution in [0.2, 0.25) is 0 Å². The van der Waals surface area contributed by atoms with Gasteiger partial charge in [-0.3, -0.25) is 0 Å². The number of nitrogens with one attached hydrogen (secondary N) is 1. The fourth-order valence-electron chi connectivity index (χ4n) is 4.05. The van der Waals surface area contributed by atoms with E-state index in [9.17, 15) is 0 Å². The van der Waals surface area contributed by atoms with Crippen LogP contribution < -0.4 is 10.1 Å². The lowest BCUT2D eigenvalue weighted by Crippen LogP contribution is -2.34. The molecule has 0 radical (unpaired) electrons. The van der Waals surface area contributed by atoms with Crippen molar-refractivity contribution in [2.75, 3.05) is 53.1 Å². The maximum Gasteiger partial charge on any atom is 0.203 e. The van der Waals surface area contributed by atoms with Crippen molar-refractivity contribution < 1.29 is 4.74 Å². The number of nitrogens with zero attached hydrogens (tertiary/aromatic N) is 4. The van der Waals surface area contributed by atoms with Gasteiger partial charge in [-0.2, -0.15) is 0 Å². The second kappa shape index (κ2) is 5.93. The van der Waals surface area contributed by atoms with Gasteiger partial charge in [0, 0.05) is 44.1 Å². The van der Waals surface area contributed by atoms with Gasteiger partial charge in [-0.25, -0.2) is 4.98 Å². The smallest absolute Gasteiger partial charge is 0.203 e. The van der Waals surface area contributed by atoms with E-state index >= 15 is 0 Å². The molecule has 0 bridgehead atoms. The van der Waals surface area contributed by atoms with Crippen LogP contribution >= 0.6 is 0 Å². The van der Waals surface area contributed by atoms with Crippen molar-refractivity contribution in [1.82, 2.24) is 19.4 Å². The Morgan fingerprint density at radius 1 is 1.21 bits per heavy atom. The van der Waals surface area contributed by atoms with E-state index in [-0.39, 0.29) is 6.10 Å². The van der Waals surface area contributed by atoms with Gasteiger partial charge < -0.3 is 24.4 Å². The number of likely N-dealkylation sites (N-methyl/N-ethyl adjacent to an activating group) is 1. The maximum absolute atomic E-state index is 6.17. The van der Waals surface area contributed by atoms with Gasteiger partial charge in [0.2, 0.25) is 5.95 Å². The van der Waals surface area contributed by atoms with Crippen LogP contribution in [0.5, 0.6) is 5.75 Å². The minimum absolute atomic E-state index is 0.237. The summed E-state index contributed by atoms with van der Waals surface area (Å²) in [7, 11) is 8.47. The highest BCUT2D eigenvalue weighted by Crippen LogP contribution is 2.37. The first-order valence-corrected chi connectivity index (χ1v) is 8.73. The minimum Gasteiger partial charge on any atom is -0.488 e. The highest BCUT2D eigenvalue weighted by atomic mass is 16.5. The van der Waals surface area contributed by atoms with E-state index in [2.05, 4.69) is 60.0 Å². The number of hydrogen-bond acceptors (Lipinski definition) is 5. The molecule has 2 aromatic rings. The van der Waals surface area contributed by atoms with Gasteiger partial charge in [0.05, 0.1) is 11.0 Å². The summed E-state index contributed by atoms with van der Waals surface area (Å²) in [5, 5.41) is 3.52. The molecular weight excluding hydrogens is 302 g/mol. The average Bonchev–Trinajstić information content (AvgIpc) is 3.05. The summed E-state index contributed by atoms with van der Waals surface area (Å²) >= 11 is 0. The molecule has 1 aromatic carbocycles. The van der Waals surface area contributed by atoms with Crippen molar-refractivity contribution in [3.63, 3.8) is 0 Å². The topological polar surface area (TPSA) is 45.6 Å². The summed E-state index contributed by atoms with van der Waals surface area (Å²) in [5.74, 6) is 2.64. The summed E-state index contributed by atoms with van der Waals surface area (Å²) in [5.41, 5.74) is 3.67. The Labute approximate surface area is 143 Å². The van der Waals surface area contributed by atoms with Crippen molar-refractivity contribution in [2.24, 2.45) is 5.92 Å². The van der Waals surface area contributed by atoms with Crippen LogP contribution in [-0.4, -0.2) is 73.3 Å². The molecule has 0 fully saturated rings. The molecule has 0 spiro atoms. The normalized spacial score (nSPS) is 22.6. The summed E-state index contributed by atoms with van der Waals surface area (Å²) in [6, 6.07) is 4.18. The first-order valence-electron chi connectivity index (χ1n) is 8.73. The Bertz CT molecular complexity index is 751. The van der Waals surface area contributed by atoms with Crippen molar-refractivity contribution >= 4 is 17.0 Å². The van der Waals surface area contributed by atoms with Gasteiger partial charge in [0.1, 0.15) is 11.9 Å². The predicted octanol–water partition coefficient (Wildman–Crippen LogP) is 1.50. The van der Waals surface area contributed by atoms with E-state index in [1.165, 1.54) is 11.1 Å². The van der Waals surface area contributed by atoms with Gasteiger partial charge >= 0.3 is 0 Å². The lowest BCUT2D eigenvalue weighted by molar-refractivity contribution is 0.184. The molecule has 0 aliphatic carbocycles. The Balaban J connectivity index is 1.69. The molecule has 0 saturated heterocycles. The van der Waals surface area contributed by atoms with Gasteiger partial charge in [0.15, 0.2) is 0 Å². The number of aromatic nitrogens is 2. The number of imidazole rings is 1. The van der Waals surface area contributed by atoms with E-state index in [1.807, 2.05) is 0 Å². The first kappa shape index (κ1) is 15.7. The first-order chi connectivity index (χ1) is 11.5. The van der Waals surface area contributed by atoms with E-state index in [4.69, 9.17) is 9.72 Å². The standard InChI is InChI=1S/C18H27N5O/c1-21(2)9-12-8-19-18-20-15-5-6-16-14(17(15)23(18)10-12)7-13(24-16)11-22(3)4/h5-6,12-13H,7-11H2,1-4H3,(H,19,20). The number of hydrogen-bond donors (Lipinski definition) is 1. The molecule has 2 aliphatic rings. The third kappa shape index (κ3) is 2.74. The molecule has 2 aliphatic heterocycles. The van der Waals surface area contributed by atoms with Crippen molar-refractivity contribution in [3.05, 3.63) is 17.7 Å². The molecule has 0 amide bonds. The molecular formula is C18H27N5O. The van der Waals surface area contributed by atoms with Crippen LogP contribution in [0.1, 0.15) is 5.56 Å². The Morgan fingerprint density at radius 3 is 2.75 bits per heavy atom. The molecule has 1 aromatic heterocycles. The van der Waals surface area contributed by atoms with Crippen molar-refractivity contribution in [3.8, 4) is 5.75 Å². The Morgan fingerprint density at radius 2 is 2.00 bits per heavy atom. The summed E-state index contributed by atoms with van der Waals surface area (Å²) in [6.07, 6.45) is 1.20. The minimum atomic E-state index is 0.237. The largest absolute Gasteiger partial charge is 0.488 e. The summed E-state index contributed by atoms with van der Waals surface area (Å²) < 4.78 is 8.53. The van der Waals surface area contributed by atoms with E-state index in [0.29, 0.717) is 5.92 Å². The number of ether oxygens (including phenoxy) is 1. The lowest BCUT2D eigenvalue weighted by atomic mass is 10.1. The van der Waals surface area contributed by atoms with Crippen LogP contribution in [0.15, 0.2) is 12.1 Å². The zero-order valence-electron chi connectivity index (χ0n) is 15.0. The number of benzene rings is 1. The van der Waals surface area contributed by atoms with E-state index in [1.54, 1.807) is 0 Å². The third-order valence-corrected chi connectivity index (χ3v) is 4.88.